The van der Waals surface area contributed by atoms with Gasteiger partial charge in [0, 0.05) is 22.3 Å². The fourth-order valence-electron chi connectivity index (χ4n) is 8.34. The van der Waals surface area contributed by atoms with Crippen LogP contribution in [-0.4, -0.2) is 0 Å². The third kappa shape index (κ3) is 6.46. The van der Waals surface area contributed by atoms with E-state index < -0.39 is 0 Å². The fraction of sp³-hybridized carbons (Fsp3) is 0. The maximum atomic E-state index is 2.44. The molecule has 0 aliphatic carbocycles. The van der Waals surface area contributed by atoms with Gasteiger partial charge < -0.3 is 4.90 Å². The third-order valence-corrected chi connectivity index (χ3v) is 11.1. The van der Waals surface area contributed by atoms with Gasteiger partial charge in [-0.05, 0) is 96.6 Å². The average Bonchev–Trinajstić information content (AvgIpc) is 3.30. The minimum Gasteiger partial charge on any atom is -0.309 e. The highest BCUT2D eigenvalue weighted by Gasteiger charge is 2.23. The SMILES string of the molecule is c1ccc(-c2ccc(-c3ccccc3)c(-c3ccc(-c4ccc(N(c5ccccc5)c5c(-c6ccccc6)c6ccccc6c6ccccc56)cc4)cc3)c2)cc1. The van der Waals surface area contributed by atoms with Gasteiger partial charge in [-0.3, -0.25) is 0 Å². The summed E-state index contributed by atoms with van der Waals surface area (Å²) in [6.45, 7) is 0. The number of fused-ring (bicyclic) bond motifs is 3. The molecule has 0 saturated heterocycles. The summed E-state index contributed by atoms with van der Waals surface area (Å²) >= 11 is 0. The van der Waals surface area contributed by atoms with Crippen LogP contribution in [0.15, 0.2) is 237 Å². The second-order valence-electron chi connectivity index (χ2n) is 14.5. The van der Waals surface area contributed by atoms with Gasteiger partial charge in [-0.1, -0.05) is 206 Å². The van der Waals surface area contributed by atoms with E-state index in [4.69, 9.17) is 0 Å². The summed E-state index contributed by atoms with van der Waals surface area (Å²) in [7, 11) is 0. The van der Waals surface area contributed by atoms with Crippen molar-refractivity contribution in [1.82, 2.24) is 0 Å². The van der Waals surface area contributed by atoms with Crippen LogP contribution in [0, 0.1) is 0 Å². The topological polar surface area (TPSA) is 3.24 Å². The van der Waals surface area contributed by atoms with Gasteiger partial charge in [-0.25, -0.2) is 0 Å². The highest BCUT2D eigenvalue weighted by Crippen LogP contribution is 2.49. The van der Waals surface area contributed by atoms with E-state index in [1.807, 2.05) is 0 Å². The maximum absolute atomic E-state index is 2.44. The first-order valence-electron chi connectivity index (χ1n) is 19.6. The molecule has 0 unspecified atom stereocenters. The van der Waals surface area contributed by atoms with Gasteiger partial charge in [0.25, 0.3) is 0 Å². The van der Waals surface area contributed by atoms with Gasteiger partial charge in [0.15, 0.2) is 0 Å². The van der Waals surface area contributed by atoms with Gasteiger partial charge >= 0.3 is 0 Å². The summed E-state index contributed by atoms with van der Waals surface area (Å²) in [5, 5.41) is 4.94. The van der Waals surface area contributed by atoms with E-state index in [1.165, 1.54) is 82.9 Å². The van der Waals surface area contributed by atoms with E-state index in [1.54, 1.807) is 0 Å². The standard InChI is InChI=1S/C56H39N/c1-5-17-40(18-6-1)46-35-38-49(43-19-7-2-8-20-43)54(39-46)44-31-29-41(30-32-44)42-33-36-48(37-34-42)57(47-23-11-4-12-24-47)56-53-28-16-14-26-51(53)50-25-13-15-27-52(50)55(56)45-21-9-3-10-22-45/h1-39H. The minimum absolute atomic E-state index is 1.10. The van der Waals surface area contributed by atoms with Crippen molar-refractivity contribution < 1.29 is 0 Å². The van der Waals surface area contributed by atoms with E-state index in [0.717, 1.165) is 11.4 Å². The van der Waals surface area contributed by atoms with Crippen LogP contribution in [0.3, 0.4) is 0 Å². The molecule has 0 radical (unpaired) electrons. The molecule has 10 aromatic rings. The first-order chi connectivity index (χ1) is 28.3. The van der Waals surface area contributed by atoms with E-state index in [-0.39, 0.29) is 0 Å². The largest absolute Gasteiger partial charge is 0.309 e. The highest BCUT2D eigenvalue weighted by atomic mass is 15.1. The molecule has 10 rings (SSSR count). The number of benzene rings is 10. The van der Waals surface area contributed by atoms with Crippen LogP contribution < -0.4 is 4.90 Å². The lowest BCUT2D eigenvalue weighted by molar-refractivity contribution is 1.30. The third-order valence-electron chi connectivity index (χ3n) is 11.1. The molecule has 0 N–H and O–H groups in total. The van der Waals surface area contributed by atoms with E-state index in [9.17, 15) is 0 Å². The van der Waals surface area contributed by atoms with Crippen molar-refractivity contribution in [2.75, 3.05) is 4.90 Å². The molecule has 10 aromatic carbocycles. The minimum atomic E-state index is 1.10. The number of nitrogens with zero attached hydrogens (tertiary/aromatic N) is 1. The predicted octanol–water partition coefficient (Wildman–Crippen LogP) is 15.8. The van der Waals surface area contributed by atoms with Crippen LogP contribution in [-0.2, 0) is 0 Å². The molecule has 1 heteroatoms. The monoisotopic (exact) mass is 725 g/mol. The zero-order valence-electron chi connectivity index (χ0n) is 31.5. The van der Waals surface area contributed by atoms with Crippen molar-refractivity contribution >= 4 is 38.6 Å². The lowest BCUT2D eigenvalue weighted by atomic mass is 9.90. The molecular weight excluding hydrogens is 687 g/mol. The highest BCUT2D eigenvalue weighted by molar-refractivity contribution is 6.22. The molecule has 1 nitrogen and oxygen atoms in total. The molecule has 0 atom stereocenters. The predicted molar refractivity (Wildman–Crippen MR) is 243 cm³/mol. The normalized spacial score (nSPS) is 11.2. The molecule has 0 fully saturated rings. The number of anilines is 3. The van der Waals surface area contributed by atoms with E-state index in [2.05, 4.69) is 241 Å². The molecule has 57 heavy (non-hydrogen) atoms. The first kappa shape index (κ1) is 34.0. The van der Waals surface area contributed by atoms with Gasteiger partial charge in [-0.15, -0.1) is 0 Å². The number of para-hydroxylation sites is 1. The Labute approximate surface area is 334 Å². The van der Waals surface area contributed by atoms with Crippen LogP contribution in [0.4, 0.5) is 17.1 Å². The molecular formula is C56H39N. The van der Waals surface area contributed by atoms with Crippen molar-refractivity contribution in [1.29, 1.82) is 0 Å². The van der Waals surface area contributed by atoms with Crippen molar-refractivity contribution in [3.8, 4) is 55.6 Å². The molecule has 0 aromatic heterocycles. The Kier molecular flexibility index (Phi) is 8.95. The number of hydrogen-bond donors (Lipinski definition) is 0. The summed E-state index contributed by atoms with van der Waals surface area (Å²) in [4.78, 5) is 2.44. The molecule has 0 aliphatic rings. The van der Waals surface area contributed by atoms with E-state index in [0.29, 0.717) is 0 Å². The zero-order valence-corrected chi connectivity index (χ0v) is 31.5. The second-order valence-corrected chi connectivity index (χ2v) is 14.5. The molecule has 0 saturated carbocycles. The van der Waals surface area contributed by atoms with Crippen LogP contribution in [0.25, 0.3) is 77.2 Å². The van der Waals surface area contributed by atoms with E-state index >= 15 is 0 Å². The molecule has 0 aliphatic heterocycles. The summed E-state index contributed by atoms with van der Waals surface area (Å²) < 4.78 is 0. The Morgan fingerprint density at radius 1 is 0.228 bits per heavy atom. The van der Waals surface area contributed by atoms with Crippen LogP contribution in [0.1, 0.15) is 0 Å². The molecule has 268 valence electrons. The smallest absolute Gasteiger partial charge is 0.0624 e. The number of hydrogen-bond acceptors (Lipinski definition) is 1. The van der Waals surface area contributed by atoms with Crippen molar-refractivity contribution in [2.24, 2.45) is 0 Å². The van der Waals surface area contributed by atoms with Crippen LogP contribution in [0.5, 0.6) is 0 Å². The average molecular weight is 726 g/mol. The molecule has 0 amide bonds. The quantitative estimate of drug-likeness (QED) is 0.141. The van der Waals surface area contributed by atoms with Crippen molar-refractivity contribution in [3.05, 3.63) is 237 Å². The van der Waals surface area contributed by atoms with Gasteiger partial charge in [0.1, 0.15) is 0 Å². The second kappa shape index (κ2) is 15.0. The van der Waals surface area contributed by atoms with Crippen LogP contribution in [0.2, 0.25) is 0 Å². The van der Waals surface area contributed by atoms with Crippen molar-refractivity contribution in [3.63, 3.8) is 0 Å². The van der Waals surface area contributed by atoms with Crippen molar-refractivity contribution in [2.45, 2.75) is 0 Å². The lowest BCUT2D eigenvalue weighted by Gasteiger charge is -2.30. The van der Waals surface area contributed by atoms with Gasteiger partial charge in [0.05, 0.1) is 5.69 Å². The lowest BCUT2D eigenvalue weighted by Crippen LogP contribution is -2.12. The first-order valence-corrected chi connectivity index (χ1v) is 19.6. The Hall–Kier alpha value is -7.48. The summed E-state index contributed by atoms with van der Waals surface area (Å²) in [6, 6.07) is 85.5. The molecule has 0 spiro atoms. The Morgan fingerprint density at radius 3 is 1.23 bits per heavy atom. The number of rotatable bonds is 8. The molecule has 0 heterocycles. The van der Waals surface area contributed by atoms with Crippen LogP contribution >= 0.6 is 0 Å². The summed E-state index contributed by atoms with van der Waals surface area (Å²) in [5.41, 5.74) is 15.4. The Balaban J connectivity index is 1.08. The fourth-order valence-corrected chi connectivity index (χ4v) is 8.34. The van der Waals surface area contributed by atoms with Gasteiger partial charge in [-0.2, -0.15) is 0 Å². The van der Waals surface area contributed by atoms with Gasteiger partial charge in [0.2, 0.25) is 0 Å². The maximum Gasteiger partial charge on any atom is 0.0624 e. The molecule has 0 bridgehead atoms. The Morgan fingerprint density at radius 2 is 0.614 bits per heavy atom. The Bertz CT molecular complexity index is 2950. The zero-order chi connectivity index (χ0) is 38.0. The summed E-state index contributed by atoms with van der Waals surface area (Å²) in [5.74, 6) is 0. The summed E-state index contributed by atoms with van der Waals surface area (Å²) in [6.07, 6.45) is 0.